The van der Waals surface area contributed by atoms with Gasteiger partial charge in [0.05, 0.1) is 6.61 Å². The number of hydrogen-bond acceptors (Lipinski definition) is 5. The Kier molecular flexibility index (Phi) is 5.41. The van der Waals surface area contributed by atoms with Gasteiger partial charge in [-0.3, -0.25) is 9.69 Å². The van der Waals surface area contributed by atoms with Gasteiger partial charge in [0.25, 0.3) is 0 Å². The first kappa shape index (κ1) is 15.6. The second-order valence-corrected chi connectivity index (χ2v) is 4.97. The van der Waals surface area contributed by atoms with Gasteiger partial charge in [-0.15, -0.1) is 0 Å². The van der Waals surface area contributed by atoms with Crippen molar-refractivity contribution in [1.82, 2.24) is 10.2 Å². The summed E-state index contributed by atoms with van der Waals surface area (Å²) in [7, 11) is 3.74. The van der Waals surface area contributed by atoms with E-state index in [4.69, 9.17) is 14.2 Å². The van der Waals surface area contributed by atoms with Gasteiger partial charge in [0.2, 0.25) is 12.7 Å². The molecule has 1 heterocycles. The normalized spacial score (nSPS) is 14.3. The number of fused-ring (bicyclic) bond motifs is 1. The molecule has 1 amide bonds. The lowest BCUT2D eigenvalue weighted by Crippen LogP contribution is -2.38. The molecule has 0 saturated carbocycles. The van der Waals surface area contributed by atoms with Crippen LogP contribution in [0.1, 0.15) is 18.5 Å². The molecule has 1 aliphatic heterocycles. The van der Waals surface area contributed by atoms with Gasteiger partial charge in [-0.25, -0.2) is 0 Å². The first-order valence-electron chi connectivity index (χ1n) is 7.05. The van der Waals surface area contributed by atoms with Crippen molar-refractivity contribution >= 4 is 5.91 Å². The third kappa shape index (κ3) is 3.86. The van der Waals surface area contributed by atoms with Crippen LogP contribution in [-0.2, 0) is 9.53 Å². The van der Waals surface area contributed by atoms with Crippen LogP contribution in [0, 0.1) is 0 Å². The second kappa shape index (κ2) is 7.28. The predicted octanol–water partition coefficient (Wildman–Crippen LogP) is 1.17. The minimum atomic E-state index is -0.374. The van der Waals surface area contributed by atoms with Crippen molar-refractivity contribution in [3.05, 3.63) is 23.8 Å². The van der Waals surface area contributed by atoms with Crippen molar-refractivity contribution in [2.75, 3.05) is 40.6 Å². The van der Waals surface area contributed by atoms with Gasteiger partial charge in [-0.05, 0) is 38.7 Å². The van der Waals surface area contributed by atoms with Crippen molar-refractivity contribution < 1.29 is 19.0 Å². The Bertz CT molecular complexity index is 491. The van der Waals surface area contributed by atoms with Crippen LogP contribution in [0.2, 0.25) is 0 Å². The molecule has 2 rings (SSSR count). The average molecular weight is 294 g/mol. The Hall–Kier alpha value is -1.79. The Morgan fingerprint density at radius 1 is 1.38 bits per heavy atom. The summed E-state index contributed by atoms with van der Waals surface area (Å²) >= 11 is 0. The fraction of sp³-hybridized carbons (Fsp3) is 0.533. The lowest BCUT2D eigenvalue weighted by Gasteiger charge is -2.24. The van der Waals surface area contributed by atoms with Crippen LogP contribution in [0.5, 0.6) is 11.5 Å². The van der Waals surface area contributed by atoms with Gasteiger partial charge in [0.1, 0.15) is 6.04 Å². The molecule has 6 nitrogen and oxygen atoms in total. The lowest BCUT2D eigenvalue weighted by atomic mass is 10.0. The fourth-order valence-electron chi connectivity index (χ4n) is 2.25. The summed E-state index contributed by atoms with van der Waals surface area (Å²) in [5.41, 5.74) is 0.873. The maximum Gasteiger partial charge on any atom is 0.242 e. The minimum Gasteiger partial charge on any atom is -0.454 e. The molecule has 1 unspecified atom stereocenters. The number of benzene rings is 1. The topological polar surface area (TPSA) is 60.0 Å². The molecular formula is C15H22N2O4. The molecule has 0 fully saturated rings. The molecule has 21 heavy (non-hydrogen) atoms. The molecule has 1 N–H and O–H groups in total. The summed E-state index contributed by atoms with van der Waals surface area (Å²) in [6.45, 7) is 3.82. The molecule has 0 spiro atoms. The fourth-order valence-corrected chi connectivity index (χ4v) is 2.25. The van der Waals surface area contributed by atoms with Gasteiger partial charge >= 0.3 is 0 Å². The number of likely N-dealkylation sites (N-methyl/N-ethyl adjacent to an activating group) is 1. The van der Waals surface area contributed by atoms with Crippen LogP contribution >= 0.6 is 0 Å². The van der Waals surface area contributed by atoms with Crippen molar-refractivity contribution in [3.63, 3.8) is 0 Å². The number of carbonyl (C=O) groups excluding carboxylic acids is 1. The number of amides is 1. The molecule has 116 valence electrons. The third-order valence-electron chi connectivity index (χ3n) is 3.23. The lowest BCUT2D eigenvalue weighted by molar-refractivity contribution is -0.126. The quantitative estimate of drug-likeness (QED) is 0.765. The maximum absolute atomic E-state index is 12.4. The summed E-state index contributed by atoms with van der Waals surface area (Å²) in [6, 6.07) is 5.21. The van der Waals surface area contributed by atoms with E-state index in [0.29, 0.717) is 31.3 Å². The van der Waals surface area contributed by atoms with Crippen LogP contribution in [0.15, 0.2) is 18.2 Å². The molecule has 0 saturated heterocycles. The molecule has 6 heteroatoms. The van der Waals surface area contributed by atoms with E-state index in [9.17, 15) is 4.79 Å². The number of nitrogens with one attached hydrogen (secondary N) is 1. The summed E-state index contributed by atoms with van der Waals surface area (Å²) in [5.74, 6) is 1.34. The maximum atomic E-state index is 12.4. The zero-order chi connectivity index (χ0) is 15.2. The number of carbonyl (C=O) groups is 1. The number of hydrogen-bond donors (Lipinski definition) is 1. The molecule has 1 aliphatic rings. The van der Waals surface area contributed by atoms with Crippen LogP contribution in [-0.4, -0.2) is 51.5 Å². The molecule has 1 aromatic rings. The Morgan fingerprint density at radius 2 is 2.14 bits per heavy atom. The second-order valence-electron chi connectivity index (χ2n) is 4.97. The summed E-state index contributed by atoms with van der Waals surface area (Å²) in [4.78, 5) is 14.2. The number of nitrogens with zero attached hydrogens (tertiary/aromatic N) is 1. The third-order valence-corrected chi connectivity index (χ3v) is 3.23. The molecule has 0 radical (unpaired) electrons. The van der Waals surface area contributed by atoms with Crippen LogP contribution in [0.25, 0.3) is 0 Å². The van der Waals surface area contributed by atoms with E-state index in [1.165, 1.54) is 0 Å². The predicted molar refractivity (Wildman–Crippen MR) is 78.5 cm³/mol. The summed E-state index contributed by atoms with van der Waals surface area (Å²) in [6.07, 6.45) is 0. The van der Waals surface area contributed by atoms with E-state index in [2.05, 4.69) is 5.32 Å². The molecule has 1 atom stereocenters. The SMILES string of the molecule is CCOCCNC(=O)C(c1ccc2c(c1)OCO2)N(C)C. The van der Waals surface area contributed by atoms with Crippen molar-refractivity contribution in [2.45, 2.75) is 13.0 Å². The summed E-state index contributed by atoms with van der Waals surface area (Å²) in [5, 5.41) is 2.89. The molecule has 0 aliphatic carbocycles. The Balaban J connectivity index is 2.06. The van der Waals surface area contributed by atoms with Gasteiger partial charge in [0.15, 0.2) is 11.5 Å². The van der Waals surface area contributed by atoms with E-state index in [0.717, 1.165) is 5.56 Å². The van der Waals surface area contributed by atoms with Gasteiger partial charge in [-0.1, -0.05) is 6.07 Å². The number of rotatable bonds is 7. The van der Waals surface area contributed by atoms with Gasteiger partial charge in [-0.2, -0.15) is 0 Å². The Morgan fingerprint density at radius 3 is 2.86 bits per heavy atom. The van der Waals surface area contributed by atoms with E-state index < -0.39 is 0 Å². The van der Waals surface area contributed by atoms with Crippen molar-refractivity contribution in [3.8, 4) is 11.5 Å². The highest BCUT2D eigenvalue weighted by atomic mass is 16.7. The highest BCUT2D eigenvalue weighted by molar-refractivity contribution is 5.83. The first-order valence-corrected chi connectivity index (χ1v) is 7.05. The van der Waals surface area contributed by atoms with Crippen LogP contribution in [0.3, 0.4) is 0 Å². The average Bonchev–Trinajstić information content (AvgIpc) is 2.91. The molecule has 0 aromatic heterocycles. The monoisotopic (exact) mass is 294 g/mol. The molecule has 1 aromatic carbocycles. The van der Waals surface area contributed by atoms with E-state index in [-0.39, 0.29) is 18.7 Å². The largest absolute Gasteiger partial charge is 0.454 e. The highest BCUT2D eigenvalue weighted by Crippen LogP contribution is 2.35. The van der Waals surface area contributed by atoms with E-state index >= 15 is 0 Å². The Labute approximate surface area is 125 Å². The summed E-state index contributed by atoms with van der Waals surface area (Å²) < 4.78 is 15.9. The molecular weight excluding hydrogens is 272 g/mol. The standard InChI is InChI=1S/C15H22N2O4/c1-4-19-8-7-16-15(18)14(17(2)3)11-5-6-12-13(9-11)21-10-20-12/h5-6,9,14H,4,7-8,10H2,1-3H3,(H,16,18). The van der Waals surface area contributed by atoms with Gasteiger partial charge in [0, 0.05) is 13.2 Å². The van der Waals surface area contributed by atoms with E-state index in [1.54, 1.807) is 0 Å². The zero-order valence-electron chi connectivity index (χ0n) is 12.7. The highest BCUT2D eigenvalue weighted by Gasteiger charge is 2.25. The van der Waals surface area contributed by atoms with Crippen molar-refractivity contribution in [1.29, 1.82) is 0 Å². The van der Waals surface area contributed by atoms with Gasteiger partial charge < -0.3 is 19.5 Å². The smallest absolute Gasteiger partial charge is 0.242 e. The van der Waals surface area contributed by atoms with E-state index in [1.807, 2.05) is 44.1 Å². The first-order chi connectivity index (χ1) is 10.1. The molecule has 0 bridgehead atoms. The van der Waals surface area contributed by atoms with Crippen molar-refractivity contribution in [2.24, 2.45) is 0 Å². The zero-order valence-corrected chi connectivity index (χ0v) is 12.7. The minimum absolute atomic E-state index is 0.0569. The van der Waals surface area contributed by atoms with Crippen LogP contribution in [0.4, 0.5) is 0 Å². The van der Waals surface area contributed by atoms with Crippen LogP contribution < -0.4 is 14.8 Å². The number of ether oxygens (including phenoxy) is 3.